The van der Waals surface area contributed by atoms with Gasteiger partial charge in [-0.2, -0.15) is 0 Å². The molecular weight excluding hydrogens is 574 g/mol. The summed E-state index contributed by atoms with van der Waals surface area (Å²) in [6.07, 6.45) is 5.01. The van der Waals surface area contributed by atoms with Crippen molar-refractivity contribution in [3.8, 4) is 23.0 Å². The highest BCUT2D eigenvalue weighted by Crippen LogP contribution is 2.47. The zero-order valence-electron chi connectivity index (χ0n) is 27.9. The molecule has 1 N–H and O–H groups in total. The van der Waals surface area contributed by atoms with Crippen molar-refractivity contribution < 1.29 is 38.1 Å². The Morgan fingerprint density at radius 2 is 1.76 bits per heavy atom. The van der Waals surface area contributed by atoms with Gasteiger partial charge in [-0.05, 0) is 55.0 Å². The molecule has 1 saturated heterocycles. The van der Waals surface area contributed by atoms with Crippen LogP contribution in [0.25, 0.3) is 0 Å². The van der Waals surface area contributed by atoms with E-state index in [1.807, 2.05) is 41.3 Å². The minimum atomic E-state index is -0.861. The Hall–Kier alpha value is -3.50. The lowest BCUT2D eigenvalue weighted by atomic mass is 9.83. The number of unbranched alkanes of at least 4 members (excludes halogenated alkanes) is 1. The third kappa shape index (κ3) is 8.82. The number of ether oxygens (including phenoxy) is 4. The Morgan fingerprint density at radius 3 is 2.44 bits per heavy atom. The molecule has 10 heteroatoms. The number of carbonyl (C=O) groups is 2. The Labute approximate surface area is 268 Å². The number of fused-ring (bicyclic) bond motifs is 1. The van der Waals surface area contributed by atoms with Crippen LogP contribution in [-0.2, 0) is 16.0 Å². The summed E-state index contributed by atoms with van der Waals surface area (Å²) >= 11 is 0. The maximum Gasteiger partial charge on any atom is 0.308 e. The number of likely N-dealkylation sites (tertiary alicyclic amines) is 1. The fraction of sp³-hybridized carbons (Fsp3) is 0.600. The van der Waals surface area contributed by atoms with E-state index in [0.717, 1.165) is 60.0 Å². The van der Waals surface area contributed by atoms with Crippen molar-refractivity contribution in [2.75, 3.05) is 74.9 Å². The summed E-state index contributed by atoms with van der Waals surface area (Å²) in [5, 5.41) is 10.7. The standard InChI is InChI=1S/C35H51N3O7/c1-7-8-17-36(18-12-19-38(2,3)4)32(39)23-37-22-27(26-20-30(43-6)34-31(21-26)44-24-45-34)33(35(40)41)28(37)15-11-14-25-13-9-10-16-29(25)42-5/h9-10,13,16,20-21,27-28,33H,7-8,11-12,14-15,17-19,22-24H2,1-6H3/p+1/t27-,28+,33-/m1/s1. The average Bonchev–Trinajstić information content (AvgIpc) is 3.63. The SMILES string of the molecule is CCCCN(CCC[N+](C)(C)C)C(=O)CN1C[C@H](c2cc(OC)c3c(c2)OCO3)[C@@H](C(=O)O)[C@@H]1CCCc1ccccc1OC. The first-order valence-electron chi connectivity index (χ1n) is 16.2. The monoisotopic (exact) mass is 626 g/mol. The number of nitrogens with zero attached hydrogens (tertiary/aromatic N) is 3. The normalized spacial score (nSPS) is 19.5. The van der Waals surface area contributed by atoms with Gasteiger partial charge in [0.2, 0.25) is 18.4 Å². The van der Waals surface area contributed by atoms with Crippen LogP contribution < -0.4 is 18.9 Å². The third-order valence-electron chi connectivity index (χ3n) is 9.01. The lowest BCUT2D eigenvalue weighted by Gasteiger charge is -2.31. The summed E-state index contributed by atoms with van der Waals surface area (Å²) in [5.74, 6) is 0.587. The number of aryl methyl sites for hydroxylation is 1. The van der Waals surface area contributed by atoms with Crippen molar-refractivity contribution in [3.05, 3.63) is 47.5 Å². The van der Waals surface area contributed by atoms with Gasteiger partial charge in [-0.25, -0.2) is 0 Å². The van der Waals surface area contributed by atoms with E-state index in [2.05, 4.69) is 33.0 Å². The highest BCUT2D eigenvalue weighted by Gasteiger charge is 2.47. The quantitative estimate of drug-likeness (QED) is 0.254. The van der Waals surface area contributed by atoms with E-state index in [1.165, 1.54) is 0 Å². The van der Waals surface area contributed by atoms with Crippen molar-refractivity contribution in [2.24, 2.45) is 5.92 Å². The molecule has 10 nitrogen and oxygen atoms in total. The van der Waals surface area contributed by atoms with Gasteiger partial charge < -0.3 is 33.4 Å². The predicted octanol–water partition coefficient (Wildman–Crippen LogP) is 4.65. The molecule has 2 aromatic carbocycles. The average molecular weight is 627 g/mol. The molecule has 2 aromatic rings. The molecule has 0 aliphatic carbocycles. The zero-order chi connectivity index (χ0) is 32.6. The van der Waals surface area contributed by atoms with Crippen LogP contribution >= 0.6 is 0 Å². The summed E-state index contributed by atoms with van der Waals surface area (Å²) in [7, 11) is 9.72. The second kappa shape index (κ2) is 15.7. The molecule has 2 heterocycles. The number of rotatable bonds is 17. The zero-order valence-corrected chi connectivity index (χ0v) is 27.9. The Bertz CT molecular complexity index is 1290. The maximum atomic E-state index is 13.9. The van der Waals surface area contributed by atoms with E-state index >= 15 is 0 Å². The van der Waals surface area contributed by atoms with E-state index < -0.39 is 11.9 Å². The fourth-order valence-electron chi connectivity index (χ4n) is 6.69. The summed E-state index contributed by atoms with van der Waals surface area (Å²) in [6.45, 7) is 5.25. The van der Waals surface area contributed by atoms with Gasteiger partial charge in [-0.1, -0.05) is 31.5 Å². The minimum Gasteiger partial charge on any atom is -0.496 e. The lowest BCUT2D eigenvalue weighted by molar-refractivity contribution is -0.870. The van der Waals surface area contributed by atoms with Crippen LogP contribution in [0.4, 0.5) is 0 Å². The van der Waals surface area contributed by atoms with Crippen LogP contribution in [0.15, 0.2) is 36.4 Å². The van der Waals surface area contributed by atoms with Crippen molar-refractivity contribution in [1.29, 1.82) is 0 Å². The van der Waals surface area contributed by atoms with Crippen molar-refractivity contribution in [1.82, 2.24) is 9.80 Å². The molecule has 2 aliphatic rings. The van der Waals surface area contributed by atoms with Crippen molar-refractivity contribution in [2.45, 2.75) is 57.4 Å². The summed E-state index contributed by atoms with van der Waals surface area (Å²) in [4.78, 5) is 31.0. The number of hydrogen-bond acceptors (Lipinski definition) is 7. The molecule has 0 aromatic heterocycles. The molecule has 0 spiro atoms. The van der Waals surface area contributed by atoms with Gasteiger partial charge >= 0.3 is 5.97 Å². The molecule has 4 rings (SSSR count). The van der Waals surface area contributed by atoms with E-state index in [-0.39, 0.29) is 31.2 Å². The van der Waals surface area contributed by atoms with Gasteiger partial charge in [0.15, 0.2) is 11.5 Å². The molecule has 45 heavy (non-hydrogen) atoms. The molecule has 248 valence electrons. The van der Waals surface area contributed by atoms with Crippen molar-refractivity contribution >= 4 is 11.9 Å². The second-order valence-electron chi connectivity index (χ2n) is 13.2. The minimum absolute atomic E-state index is 0.0626. The number of hydrogen-bond donors (Lipinski definition) is 1. The highest BCUT2D eigenvalue weighted by atomic mass is 16.7. The predicted molar refractivity (Wildman–Crippen MR) is 173 cm³/mol. The van der Waals surface area contributed by atoms with Crippen LogP contribution in [-0.4, -0.2) is 112 Å². The Balaban J connectivity index is 1.60. The first-order chi connectivity index (χ1) is 21.6. The van der Waals surface area contributed by atoms with Crippen LogP contribution in [0.5, 0.6) is 23.0 Å². The van der Waals surface area contributed by atoms with Gasteiger partial charge in [-0.15, -0.1) is 0 Å². The number of aliphatic carboxylic acids is 1. The molecule has 0 radical (unpaired) electrons. The molecule has 0 saturated carbocycles. The molecular formula is C35H52N3O7+. The molecule has 3 atom stereocenters. The number of para-hydroxylation sites is 1. The van der Waals surface area contributed by atoms with Crippen LogP contribution in [0, 0.1) is 5.92 Å². The van der Waals surface area contributed by atoms with Crippen molar-refractivity contribution in [3.63, 3.8) is 0 Å². The third-order valence-corrected chi connectivity index (χ3v) is 9.01. The topological polar surface area (TPSA) is 97.8 Å². The largest absolute Gasteiger partial charge is 0.496 e. The lowest BCUT2D eigenvalue weighted by Crippen LogP contribution is -2.45. The number of carbonyl (C=O) groups excluding carboxylic acids is 1. The summed E-state index contributed by atoms with van der Waals surface area (Å²) in [6, 6.07) is 11.4. The van der Waals surface area contributed by atoms with Gasteiger partial charge in [0.05, 0.1) is 54.4 Å². The van der Waals surface area contributed by atoms with Crippen LogP contribution in [0.1, 0.15) is 56.1 Å². The Morgan fingerprint density at radius 1 is 1.02 bits per heavy atom. The van der Waals surface area contributed by atoms with E-state index in [0.29, 0.717) is 43.3 Å². The maximum absolute atomic E-state index is 13.9. The second-order valence-corrected chi connectivity index (χ2v) is 13.2. The van der Waals surface area contributed by atoms with Gasteiger partial charge in [0.25, 0.3) is 0 Å². The molecule has 0 bridgehead atoms. The molecule has 1 amide bonds. The highest BCUT2D eigenvalue weighted by molar-refractivity contribution is 5.79. The first kappa shape index (κ1) is 34.4. The van der Waals surface area contributed by atoms with Gasteiger partial charge in [0.1, 0.15) is 5.75 Å². The van der Waals surface area contributed by atoms with Crippen LogP contribution in [0.2, 0.25) is 0 Å². The molecule has 2 aliphatic heterocycles. The molecule has 0 unspecified atom stereocenters. The molecule has 1 fully saturated rings. The number of amides is 1. The van der Waals surface area contributed by atoms with E-state index in [4.69, 9.17) is 18.9 Å². The fourth-order valence-corrected chi connectivity index (χ4v) is 6.69. The number of carboxylic acids is 1. The number of benzene rings is 2. The van der Waals surface area contributed by atoms with E-state index in [9.17, 15) is 14.7 Å². The number of methoxy groups -OCH3 is 2. The van der Waals surface area contributed by atoms with Gasteiger partial charge in [0, 0.05) is 38.0 Å². The van der Waals surface area contributed by atoms with E-state index in [1.54, 1.807) is 14.2 Å². The number of carboxylic acid groups (broad SMARTS) is 1. The van der Waals surface area contributed by atoms with Gasteiger partial charge in [-0.3, -0.25) is 14.5 Å². The number of quaternary nitrogens is 1. The Kier molecular flexibility index (Phi) is 12.0. The smallest absolute Gasteiger partial charge is 0.308 e. The summed E-state index contributed by atoms with van der Waals surface area (Å²) < 4.78 is 23.3. The summed E-state index contributed by atoms with van der Waals surface area (Å²) in [5.41, 5.74) is 1.91. The first-order valence-corrected chi connectivity index (χ1v) is 16.2. The van der Waals surface area contributed by atoms with Crippen LogP contribution in [0.3, 0.4) is 0 Å².